The van der Waals surface area contributed by atoms with Crippen LogP contribution in [0.5, 0.6) is 0 Å². The summed E-state index contributed by atoms with van der Waals surface area (Å²) in [5.41, 5.74) is 4.56. The molecule has 126 valence electrons. The summed E-state index contributed by atoms with van der Waals surface area (Å²) < 4.78 is 13.6. The molecule has 2 aromatic rings. The van der Waals surface area contributed by atoms with E-state index in [4.69, 9.17) is 9.47 Å². The largest absolute Gasteiger partial charge is 0.465 e. The molecule has 1 aliphatic carbocycles. The van der Waals surface area contributed by atoms with E-state index in [1.807, 2.05) is 42.8 Å². The van der Waals surface area contributed by atoms with E-state index in [0.29, 0.717) is 5.76 Å². The van der Waals surface area contributed by atoms with E-state index in [1.54, 1.807) is 18.9 Å². The van der Waals surface area contributed by atoms with Gasteiger partial charge in [-0.05, 0) is 37.5 Å². The van der Waals surface area contributed by atoms with Gasteiger partial charge in [-0.3, -0.25) is 4.98 Å². The van der Waals surface area contributed by atoms with Crippen LogP contribution in [0, 0.1) is 6.92 Å². The average Bonchev–Trinajstić information content (AvgIpc) is 3.04. The maximum Gasteiger partial charge on any atom is 0.190 e. The van der Waals surface area contributed by atoms with Crippen molar-refractivity contribution >= 4 is 5.76 Å². The van der Waals surface area contributed by atoms with Gasteiger partial charge in [0.25, 0.3) is 0 Å². The first-order chi connectivity index (χ1) is 12.2. The Kier molecular flexibility index (Phi) is 3.98. The molecular formula is C20H19N3O2. The van der Waals surface area contributed by atoms with Crippen molar-refractivity contribution in [2.24, 2.45) is 7.05 Å². The minimum absolute atomic E-state index is 0.590. The summed E-state index contributed by atoms with van der Waals surface area (Å²) >= 11 is 0. The molecule has 0 saturated carbocycles. The lowest BCUT2D eigenvalue weighted by atomic mass is 10.0. The Morgan fingerprint density at radius 2 is 2.04 bits per heavy atom. The second-order valence-corrected chi connectivity index (χ2v) is 6.08. The Morgan fingerprint density at radius 1 is 1.16 bits per heavy atom. The molecule has 0 fully saturated rings. The predicted molar refractivity (Wildman–Crippen MR) is 95.9 cm³/mol. The van der Waals surface area contributed by atoms with Gasteiger partial charge in [-0.25, -0.2) is 4.98 Å². The number of hydrogen-bond acceptors (Lipinski definition) is 4. The maximum absolute atomic E-state index is 6.11. The number of aryl methyl sites for hydroxylation is 2. The van der Waals surface area contributed by atoms with Gasteiger partial charge >= 0.3 is 0 Å². The molecule has 3 heterocycles. The van der Waals surface area contributed by atoms with Crippen molar-refractivity contribution < 1.29 is 9.47 Å². The van der Waals surface area contributed by atoms with E-state index in [0.717, 1.165) is 46.9 Å². The van der Waals surface area contributed by atoms with Crippen LogP contribution in [0.3, 0.4) is 0 Å². The lowest BCUT2D eigenvalue weighted by Crippen LogP contribution is -2.05. The summed E-state index contributed by atoms with van der Waals surface area (Å²) in [6, 6.07) is 5.94. The minimum Gasteiger partial charge on any atom is -0.465 e. The molecule has 0 saturated heterocycles. The number of nitrogens with zero attached hydrogens (tertiary/aromatic N) is 3. The summed E-state index contributed by atoms with van der Waals surface area (Å²) in [7, 11) is 1.95. The van der Waals surface area contributed by atoms with Gasteiger partial charge in [0.2, 0.25) is 0 Å². The predicted octanol–water partition coefficient (Wildman–Crippen LogP) is 4.25. The Morgan fingerprint density at radius 3 is 2.84 bits per heavy atom. The minimum atomic E-state index is 0.590. The molecule has 1 aliphatic heterocycles. The number of allylic oxidation sites excluding steroid dienone is 4. The van der Waals surface area contributed by atoms with Gasteiger partial charge in [-0.2, -0.15) is 0 Å². The zero-order valence-corrected chi connectivity index (χ0v) is 14.3. The lowest BCUT2D eigenvalue weighted by molar-refractivity contribution is 0.284. The molecule has 0 unspecified atom stereocenters. The Labute approximate surface area is 146 Å². The smallest absolute Gasteiger partial charge is 0.190 e. The third-order valence-electron chi connectivity index (χ3n) is 4.20. The van der Waals surface area contributed by atoms with Crippen LogP contribution in [-0.4, -0.2) is 14.5 Å². The van der Waals surface area contributed by atoms with E-state index in [-0.39, 0.29) is 0 Å². The van der Waals surface area contributed by atoms with Crippen molar-refractivity contribution in [1.82, 2.24) is 14.5 Å². The van der Waals surface area contributed by atoms with E-state index in [9.17, 15) is 0 Å². The van der Waals surface area contributed by atoms with Crippen LogP contribution in [0.2, 0.25) is 0 Å². The van der Waals surface area contributed by atoms with Crippen molar-refractivity contribution in [3.05, 3.63) is 78.0 Å². The summed E-state index contributed by atoms with van der Waals surface area (Å²) in [5, 5.41) is 0. The van der Waals surface area contributed by atoms with Crippen LogP contribution in [0.4, 0.5) is 0 Å². The summed E-state index contributed by atoms with van der Waals surface area (Å²) in [4.78, 5) is 9.14. The third-order valence-corrected chi connectivity index (χ3v) is 4.20. The second kappa shape index (κ2) is 6.43. The van der Waals surface area contributed by atoms with Crippen molar-refractivity contribution in [1.29, 1.82) is 0 Å². The van der Waals surface area contributed by atoms with Crippen LogP contribution < -0.4 is 0 Å². The molecule has 0 radical (unpaired) electrons. The fourth-order valence-corrected chi connectivity index (χ4v) is 2.97. The number of rotatable bonds is 3. The highest BCUT2D eigenvalue weighted by molar-refractivity contribution is 5.73. The molecule has 0 atom stereocenters. The summed E-state index contributed by atoms with van der Waals surface area (Å²) in [6.45, 7) is 1.98. The Hall–Kier alpha value is -3.08. The molecule has 0 amide bonds. The van der Waals surface area contributed by atoms with E-state index < -0.39 is 0 Å². The second-order valence-electron chi connectivity index (χ2n) is 6.08. The van der Waals surface area contributed by atoms with Crippen LogP contribution in [-0.2, 0) is 16.5 Å². The lowest BCUT2D eigenvalue weighted by Gasteiger charge is -2.19. The summed E-state index contributed by atoms with van der Waals surface area (Å²) in [6.07, 6.45) is 13.2. The van der Waals surface area contributed by atoms with Gasteiger partial charge in [0.15, 0.2) is 11.5 Å². The van der Waals surface area contributed by atoms with Gasteiger partial charge in [0.1, 0.15) is 18.2 Å². The monoisotopic (exact) mass is 333 g/mol. The quantitative estimate of drug-likeness (QED) is 0.842. The first kappa shape index (κ1) is 15.4. The van der Waals surface area contributed by atoms with Crippen LogP contribution in [0.25, 0.3) is 17.1 Å². The molecule has 2 aromatic heterocycles. The molecule has 0 spiro atoms. The van der Waals surface area contributed by atoms with Gasteiger partial charge in [0.05, 0.1) is 17.7 Å². The number of imidazole rings is 1. The highest BCUT2D eigenvalue weighted by Gasteiger charge is 2.23. The molecule has 4 rings (SSSR count). The Balaban J connectivity index is 1.68. The normalized spacial score (nSPS) is 16.5. The highest BCUT2D eigenvalue weighted by atomic mass is 16.5. The standard InChI is InChI=1S/C20H19N3O2/c1-14-7-6-10-16(22-14)20-19(21-13-23(20)2)18-12-24-11-17(25-18)15-8-4-3-5-9-15/h3-4,6-8,10-13H,5,9H2,1-2H3. The number of hydrogen-bond donors (Lipinski definition) is 0. The van der Waals surface area contributed by atoms with Crippen LogP contribution >= 0.6 is 0 Å². The van der Waals surface area contributed by atoms with Crippen molar-refractivity contribution in [3.8, 4) is 11.4 Å². The zero-order valence-electron chi connectivity index (χ0n) is 14.3. The van der Waals surface area contributed by atoms with E-state index >= 15 is 0 Å². The number of aromatic nitrogens is 3. The SMILES string of the molecule is Cc1cccc(-c2c(C3=COC=C(C4=CC=CCC4)O3)ncn2C)n1. The molecule has 25 heavy (non-hydrogen) atoms. The number of pyridine rings is 1. The van der Waals surface area contributed by atoms with Crippen molar-refractivity contribution in [2.75, 3.05) is 0 Å². The molecule has 0 aromatic carbocycles. The zero-order chi connectivity index (χ0) is 17.2. The highest BCUT2D eigenvalue weighted by Crippen LogP contribution is 2.33. The van der Waals surface area contributed by atoms with Gasteiger partial charge in [0, 0.05) is 12.7 Å². The molecule has 0 N–H and O–H groups in total. The molecule has 5 heteroatoms. The summed E-state index contributed by atoms with van der Waals surface area (Å²) in [5.74, 6) is 1.32. The maximum atomic E-state index is 6.11. The molecular weight excluding hydrogens is 314 g/mol. The third kappa shape index (κ3) is 3.01. The molecule has 2 aliphatic rings. The van der Waals surface area contributed by atoms with E-state index in [2.05, 4.69) is 22.1 Å². The first-order valence-electron chi connectivity index (χ1n) is 8.28. The van der Waals surface area contributed by atoms with Gasteiger partial charge < -0.3 is 14.0 Å². The van der Waals surface area contributed by atoms with Crippen LogP contribution in [0.1, 0.15) is 24.2 Å². The van der Waals surface area contributed by atoms with Crippen LogP contribution in [0.15, 0.2) is 66.6 Å². The average molecular weight is 333 g/mol. The van der Waals surface area contributed by atoms with Gasteiger partial charge in [-0.1, -0.05) is 24.3 Å². The molecule has 0 bridgehead atoms. The molecule has 5 nitrogen and oxygen atoms in total. The number of ether oxygens (including phenoxy) is 2. The topological polar surface area (TPSA) is 49.2 Å². The van der Waals surface area contributed by atoms with E-state index in [1.165, 1.54) is 0 Å². The first-order valence-corrected chi connectivity index (χ1v) is 8.28. The van der Waals surface area contributed by atoms with Crippen molar-refractivity contribution in [3.63, 3.8) is 0 Å². The van der Waals surface area contributed by atoms with Gasteiger partial charge in [-0.15, -0.1) is 0 Å². The van der Waals surface area contributed by atoms with Crippen molar-refractivity contribution in [2.45, 2.75) is 19.8 Å². The fraction of sp³-hybridized carbons (Fsp3) is 0.200. The fourth-order valence-electron chi connectivity index (χ4n) is 2.97. The Bertz CT molecular complexity index is 932.